The Labute approximate surface area is 314 Å². The van der Waals surface area contributed by atoms with Crippen LogP contribution in [0.3, 0.4) is 0 Å². The van der Waals surface area contributed by atoms with Crippen LogP contribution in [-0.2, 0) is 44.8 Å². The fourth-order valence-electron chi connectivity index (χ4n) is 5.23. The van der Waals surface area contributed by atoms with E-state index in [-0.39, 0.29) is 51.4 Å². The van der Waals surface area contributed by atoms with Gasteiger partial charge >= 0.3 is 0 Å². The molecule has 0 bridgehead atoms. The summed E-state index contributed by atoms with van der Waals surface area (Å²) >= 11 is 0. The van der Waals surface area contributed by atoms with Crippen molar-refractivity contribution in [1.29, 1.82) is 0 Å². The highest BCUT2D eigenvalue weighted by molar-refractivity contribution is 5.96. The number of benzene rings is 1. The first-order valence-corrected chi connectivity index (χ1v) is 17.9. The molecule has 54 heavy (non-hydrogen) atoms. The van der Waals surface area contributed by atoms with Crippen molar-refractivity contribution >= 4 is 47.3 Å². The Bertz CT molecular complexity index is 1410. The van der Waals surface area contributed by atoms with E-state index in [2.05, 4.69) is 37.4 Å². The van der Waals surface area contributed by atoms with E-state index in [1.165, 1.54) is 0 Å². The highest BCUT2D eigenvalue weighted by atomic mass is 16.2. The SMILES string of the molecule is CCCC(=O)N[C@@H](CCCNN)C(=O)N[C@H](CCC(N)=O)C(=O)N[C@@H](CCC(N)=O)C(=O)N[C@H](Cc1ccc(C)cc1)C(=O)N[C@@H](CCCNN)C(N)=O. The third kappa shape index (κ3) is 19.1. The molecule has 5 atom stereocenters. The number of rotatable bonds is 28. The molecule has 0 heterocycles. The zero-order valence-corrected chi connectivity index (χ0v) is 31.0. The highest BCUT2D eigenvalue weighted by Crippen LogP contribution is 2.10. The van der Waals surface area contributed by atoms with Crippen LogP contribution in [-0.4, -0.2) is 90.6 Å². The van der Waals surface area contributed by atoms with Gasteiger partial charge in [0.05, 0.1) is 0 Å². The Hall–Kier alpha value is -5.18. The van der Waals surface area contributed by atoms with Crippen LogP contribution in [0, 0.1) is 6.92 Å². The number of nitrogens with two attached hydrogens (primary N) is 5. The first-order chi connectivity index (χ1) is 25.6. The van der Waals surface area contributed by atoms with Gasteiger partial charge in [0.1, 0.15) is 30.2 Å². The minimum Gasteiger partial charge on any atom is -0.370 e. The second kappa shape index (κ2) is 25.7. The molecule has 0 aliphatic rings. The van der Waals surface area contributed by atoms with Crippen molar-refractivity contribution in [2.45, 2.75) is 115 Å². The van der Waals surface area contributed by atoms with Crippen LogP contribution < -0.4 is 66.3 Å². The molecule has 17 N–H and O–H groups in total. The second-order valence-corrected chi connectivity index (χ2v) is 12.9. The van der Waals surface area contributed by atoms with E-state index in [4.69, 9.17) is 28.9 Å². The molecule has 0 unspecified atom stereocenters. The van der Waals surface area contributed by atoms with Crippen LogP contribution in [0.5, 0.6) is 0 Å². The van der Waals surface area contributed by atoms with Crippen molar-refractivity contribution in [2.75, 3.05) is 13.1 Å². The molecule has 0 spiro atoms. The van der Waals surface area contributed by atoms with Crippen molar-refractivity contribution in [2.24, 2.45) is 28.9 Å². The molecule has 20 nitrogen and oxygen atoms in total. The number of nitrogens with one attached hydrogen (secondary N) is 7. The minimum atomic E-state index is -1.47. The fraction of sp³-hybridized carbons (Fsp3) is 0.588. The summed E-state index contributed by atoms with van der Waals surface area (Å²) in [5.74, 6) is 4.61. The standard InChI is InChI=1S/C34H58N12O8/c1-3-6-29(49)42-23(8-5-18-41-39)31(51)44-24(13-15-27(35)47)32(52)45-25(14-16-28(36)48)33(53)46-26(19-21-11-9-20(2)10-12-21)34(54)43-22(30(37)50)7-4-17-40-38/h9-12,22-26,40-41H,3-8,13-19,38-39H2,1-2H3,(H2,35,47)(H2,36,48)(H2,37,50)(H,42,49)(H,43,54)(H,44,51)(H,45,52)(H,46,53)/t22-,23-,24+,25-,26+/m0/s1. The number of hydrogen-bond donors (Lipinski definition) is 12. The Balaban J connectivity index is 3.39. The molecule has 0 aliphatic heterocycles. The molecule has 1 rings (SSSR count). The Morgan fingerprint density at radius 1 is 0.556 bits per heavy atom. The van der Waals surface area contributed by atoms with Gasteiger partial charge in [-0.05, 0) is 57.4 Å². The number of aryl methyl sites for hydroxylation is 1. The van der Waals surface area contributed by atoms with E-state index in [1.54, 1.807) is 19.1 Å². The van der Waals surface area contributed by atoms with Gasteiger partial charge in [0.25, 0.3) is 0 Å². The second-order valence-electron chi connectivity index (χ2n) is 12.9. The predicted molar refractivity (Wildman–Crippen MR) is 198 cm³/mol. The van der Waals surface area contributed by atoms with Crippen LogP contribution in [0.2, 0.25) is 0 Å². The number of amides is 8. The van der Waals surface area contributed by atoms with E-state index in [0.717, 1.165) is 5.56 Å². The summed E-state index contributed by atoms with van der Waals surface area (Å²) in [7, 11) is 0. The summed E-state index contributed by atoms with van der Waals surface area (Å²) in [6.07, 6.45) is 0.460. The van der Waals surface area contributed by atoms with Gasteiger partial charge in [-0.25, -0.2) is 0 Å². The van der Waals surface area contributed by atoms with Crippen LogP contribution in [0.15, 0.2) is 24.3 Å². The molecule has 0 fully saturated rings. The number of hydrogen-bond acceptors (Lipinski definition) is 12. The first-order valence-electron chi connectivity index (χ1n) is 17.9. The highest BCUT2D eigenvalue weighted by Gasteiger charge is 2.32. The van der Waals surface area contributed by atoms with Gasteiger partial charge in [-0.15, -0.1) is 0 Å². The predicted octanol–water partition coefficient (Wildman–Crippen LogP) is -3.74. The normalized spacial score (nSPS) is 13.6. The molecule has 1 aromatic carbocycles. The average molecular weight is 763 g/mol. The summed E-state index contributed by atoms with van der Waals surface area (Å²) in [6.45, 7) is 4.33. The monoisotopic (exact) mass is 762 g/mol. The first kappa shape index (κ1) is 46.8. The molecular weight excluding hydrogens is 704 g/mol. The molecule has 0 aliphatic carbocycles. The van der Waals surface area contributed by atoms with Crippen molar-refractivity contribution in [3.63, 3.8) is 0 Å². The lowest BCUT2D eigenvalue weighted by Gasteiger charge is -2.27. The fourth-order valence-corrected chi connectivity index (χ4v) is 5.23. The smallest absolute Gasteiger partial charge is 0.243 e. The summed E-state index contributed by atoms with van der Waals surface area (Å²) in [5, 5.41) is 12.8. The lowest BCUT2D eigenvalue weighted by Crippen LogP contribution is -2.59. The lowest BCUT2D eigenvalue weighted by molar-refractivity contribution is -0.135. The molecule has 0 saturated heterocycles. The number of hydrazine groups is 2. The van der Waals surface area contributed by atoms with Crippen molar-refractivity contribution in [3.8, 4) is 0 Å². The maximum atomic E-state index is 13.8. The van der Waals surface area contributed by atoms with Gasteiger partial charge in [-0.3, -0.25) is 60.9 Å². The third-order valence-corrected chi connectivity index (χ3v) is 8.23. The van der Waals surface area contributed by atoms with E-state index >= 15 is 0 Å². The van der Waals surface area contributed by atoms with Gasteiger partial charge in [-0.1, -0.05) is 36.8 Å². The van der Waals surface area contributed by atoms with Crippen molar-refractivity contribution < 1.29 is 38.4 Å². The third-order valence-electron chi connectivity index (χ3n) is 8.23. The molecule has 8 amide bonds. The maximum Gasteiger partial charge on any atom is 0.243 e. The van der Waals surface area contributed by atoms with Crippen LogP contribution >= 0.6 is 0 Å². The van der Waals surface area contributed by atoms with Crippen LogP contribution in [0.1, 0.15) is 82.3 Å². The van der Waals surface area contributed by atoms with Crippen molar-refractivity contribution in [1.82, 2.24) is 37.4 Å². The Morgan fingerprint density at radius 2 is 0.963 bits per heavy atom. The molecule has 0 saturated carbocycles. The average Bonchev–Trinajstić information content (AvgIpc) is 3.11. The Morgan fingerprint density at radius 3 is 1.39 bits per heavy atom. The Kier molecular flexibility index (Phi) is 22.3. The molecular formula is C34H58N12O8. The van der Waals surface area contributed by atoms with Gasteiger partial charge in [0.15, 0.2) is 0 Å². The zero-order chi connectivity index (χ0) is 40.6. The minimum absolute atomic E-state index is 0.0354. The molecule has 1 aromatic rings. The van der Waals surface area contributed by atoms with E-state index in [9.17, 15) is 38.4 Å². The number of carbonyl (C=O) groups excluding carboxylic acids is 8. The summed E-state index contributed by atoms with van der Waals surface area (Å²) in [4.78, 5) is 103. The van der Waals surface area contributed by atoms with Gasteiger partial charge in [-0.2, -0.15) is 0 Å². The summed E-state index contributed by atoms with van der Waals surface area (Å²) in [5.41, 5.74) is 22.7. The zero-order valence-electron chi connectivity index (χ0n) is 31.0. The molecule has 20 heteroatoms. The summed E-state index contributed by atoms with van der Waals surface area (Å²) in [6, 6.07) is 0.794. The number of primary amides is 3. The maximum absolute atomic E-state index is 13.8. The van der Waals surface area contributed by atoms with Crippen LogP contribution in [0.25, 0.3) is 0 Å². The molecule has 0 aromatic heterocycles. The van der Waals surface area contributed by atoms with E-state index in [0.29, 0.717) is 37.9 Å². The van der Waals surface area contributed by atoms with Gasteiger partial charge < -0.3 is 43.8 Å². The topological polar surface area (TPSA) is 351 Å². The largest absolute Gasteiger partial charge is 0.370 e. The summed E-state index contributed by atoms with van der Waals surface area (Å²) < 4.78 is 0. The van der Waals surface area contributed by atoms with Gasteiger partial charge in [0, 0.05) is 38.8 Å². The number of carbonyl (C=O) groups is 8. The molecule has 0 radical (unpaired) electrons. The van der Waals surface area contributed by atoms with E-state index < -0.39 is 77.5 Å². The van der Waals surface area contributed by atoms with Gasteiger partial charge in [0.2, 0.25) is 47.3 Å². The molecule has 302 valence electrons. The quantitative estimate of drug-likeness (QED) is 0.0223. The van der Waals surface area contributed by atoms with Crippen LogP contribution in [0.4, 0.5) is 0 Å². The lowest BCUT2D eigenvalue weighted by atomic mass is 10.0. The van der Waals surface area contributed by atoms with Crippen molar-refractivity contribution in [3.05, 3.63) is 35.4 Å². The van der Waals surface area contributed by atoms with E-state index in [1.807, 2.05) is 19.1 Å².